The van der Waals surface area contributed by atoms with Crippen molar-refractivity contribution in [2.75, 3.05) is 6.54 Å². The van der Waals surface area contributed by atoms with Crippen LogP contribution in [-0.4, -0.2) is 16.1 Å². The first kappa shape index (κ1) is 15.8. The Balaban J connectivity index is 2.09. The first-order chi connectivity index (χ1) is 12.0. The molecule has 3 aromatic rings. The van der Waals surface area contributed by atoms with Gasteiger partial charge in [-0.1, -0.05) is 6.07 Å². The molecule has 1 N–H and O–H groups in total. The predicted molar refractivity (Wildman–Crippen MR) is 87.2 cm³/mol. The third kappa shape index (κ3) is 2.70. The molecule has 0 radical (unpaired) electrons. The van der Waals surface area contributed by atoms with Crippen molar-refractivity contribution < 1.29 is 13.2 Å². The summed E-state index contributed by atoms with van der Waals surface area (Å²) in [4.78, 5) is 17.4. The second-order valence-electron chi connectivity index (χ2n) is 6.02. The molecule has 0 bridgehead atoms. The fourth-order valence-electron chi connectivity index (χ4n) is 3.26. The second kappa shape index (κ2) is 6.00. The molecule has 1 aromatic heterocycles. The first-order valence-corrected chi connectivity index (χ1v) is 7.95. The van der Waals surface area contributed by atoms with Crippen molar-refractivity contribution in [2.24, 2.45) is 0 Å². The normalized spacial score (nSPS) is 17.3. The molecule has 4 rings (SSSR count). The van der Waals surface area contributed by atoms with Gasteiger partial charge in [-0.2, -0.15) is 0 Å². The SMILES string of the molecule is O=c1c2c(F)cccc2nc([C@@H]2CCCN2)n1-c1cc(F)cc(F)c1. The Morgan fingerprint density at radius 3 is 2.56 bits per heavy atom. The van der Waals surface area contributed by atoms with Gasteiger partial charge in [0.25, 0.3) is 5.56 Å². The van der Waals surface area contributed by atoms with Crippen molar-refractivity contribution in [3.8, 4) is 5.69 Å². The second-order valence-corrected chi connectivity index (χ2v) is 6.02. The number of rotatable bonds is 2. The molecule has 1 atom stereocenters. The summed E-state index contributed by atoms with van der Waals surface area (Å²) in [6, 6.07) is 6.74. The van der Waals surface area contributed by atoms with E-state index in [1.807, 2.05) is 0 Å². The summed E-state index contributed by atoms with van der Waals surface area (Å²) in [5.74, 6) is -2.03. The number of nitrogens with zero attached hydrogens (tertiary/aromatic N) is 2. The summed E-state index contributed by atoms with van der Waals surface area (Å²) in [6.45, 7) is 0.749. The molecule has 4 nitrogen and oxygen atoms in total. The minimum absolute atomic E-state index is 0.0103. The van der Waals surface area contributed by atoms with Gasteiger partial charge in [-0.15, -0.1) is 0 Å². The third-order valence-corrected chi connectivity index (χ3v) is 4.35. The Kier molecular flexibility index (Phi) is 3.80. The van der Waals surface area contributed by atoms with Crippen LogP contribution in [-0.2, 0) is 0 Å². The van der Waals surface area contributed by atoms with Crippen LogP contribution >= 0.6 is 0 Å². The highest BCUT2D eigenvalue weighted by atomic mass is 19.1. The van der Waals surface area contributed by atoms with Crippen molar-refractivity contribution in [3.63, 3.8) is 0 Å². The molecule has 1 fully saturated rings. The van der Waals surface area contributed by atoms with Crippen LogP contribution in [0.4, 0.5) is 13.2 Å². The number of halogens is 3. The molecule has 1 aliphatic heterocycles. The van der Waals surface area contributed by atoms with Crippen LogP contribution in [0.15, 0.2) is 41.2 Å². The fraction of sp³-hybridized carbons (Fsp3) is 0.222. The van der Waals surface area contributed by atoms with Crippen LogP contribution < -0.4 is 10.9 Å². The fourth-order valence-corrected chi connectivity index (χ4v) is 3.26. The molecular weight excluding hydrogens is 331 g/mol. The minimum atomic E-state index is -0.819. The summed E-state index contributed by atoms with van der Waals surface area (Å²) in [5.41, 5.74) is -0.470. The van der Waals surface area contributed by atoms with E-state index in [4.69, 9.17) is 0 Å². The Labute approximate surface area is 140 Å². The summed E-state index contributed by atoms with van der Waals surface area (Å²) >= 11 is 0. The molecule has 2 heterocycles. The zero-order chi connectivity index (χ0) is 17.6. The third-order valence-electron chi connectivity index (χ3n) is 4.35. The molecule has 0 unspecified atom stereocenters. The highest BCUT2D eigenvalue weighted by Crippen LogP contribution is 2.25. The average molecular weight is 345 g/mol. The van der Waals surface area contributed by atoms with Gasteiger partial charge in [-0.05, 0) is 43.7 Å². The smallest absolute Gasteiger partial charge is 0.269 e. The van der Waals surface area contributed by atoms with Crippen molar-refractivity contribution in [3.05, 3.63) is 70.0 Å². The monoisotopic (exact) mass is 345 g/mol. The Morgan fingerprint density at radius 1 is 1.12 bits per heavy atom. The topological polar surface area (TPSA) is 46.9 Å². The average Bonchev–Trinajstić information content (AvgIpc) is 3.07. The molecule has 0 saturated carbocycles. The van der Waals surface area contributed by atoms with Crippen LogP contribution in [0.5, 0.6) is 0 Å². The van der Waals surface area contributed by atoms with E-state index in [1.54, 1.807) is 6.07 Å². The minimum Gasteiger partial charge on any atom is -0.307 e. The summed E-state index contributed by atoms with van der Waals surface area (Å²) in [7, 11) is 0. The van der Waals surface area contributed by atoms with Crippen molar-refractivity contribution in [1.82, 2.24) is 14.9 Å². The molecule has 0 aliphatic carbocycles. The molecule has 2 aromatic carbocycles. The molecule has 1 aliphatic rings. The maximum absolute atomic E-state index is 14.2. The van der Waals surface area contributed by atoms with Crippen LogP contribution in [0.25, 0.3) is 16.6 Å². The van der Waals surface area contributed by atoms with E-state index in [-0.39, 0.29) is 22.6 Å². The Morgan fingerprint density at radius 2 is 1.88 bits per heavy atom. The Hall–Kier alpha value is -2.67. The van der Waals surface area contributed by atoms with E-state index in [1.165, 1.54) is 6.07 Å². The largest absolute Gasteiger partial charge is 0.307 e. The molecule has 0 amide bonds. The van der Waals surface area contributed by atoms with Gasteiger partial charge < -0.3 is 5.32 Å². The maximum atomic E-state index is 14.2. The van der Waals surface area contributed by atoms with Gasteiger partial charge in [0.1, 0.15) is 28.7 Å². The zero-order valence-corrected chi connectivity index (χ0v) is 13.1. The van der Waals surface area contributed by atoms with E-state index < -0.39 is 23.0 Å². The van der Waals surface area contributed by atoms with Gasteiger partial charge in [0, 0.05) is 6.07 Å². The van der Waals surface area contributed by atoms with Gasteiger partial charge in [0.15, 0.2) is 0 Å². The number of hydrogen-bond acceptors (Lipinski definition) is 3. The van der Waals surface area contributed by atoms with Gasteiger partial charge >= 0.3 is 0 Å². The van der Waals surface area contributed by atoms with Gasteiger partial charge in [-0.3, -0.25) is 9.36 Å². The van der Waals surface area contributed by atoms with Crippen LogP contribution in [0.3, 0.4) is 0 Å². The van der Waals surface area contributed by atoms with E-state index >= 15 is 0 Å². The van der Waals surface area contributed by atoms with Crippen molar-refractivity contribution in [2.45, 2.75) is 18.9 Å². The molecule has 25 heavy (non-hydrogen) atoms. The van der Waals surface area contributed by atoms with Gasteiger partial charge in [0.05, 0.1) is 17.2 Å². The van der Waals surface area contributed by atoms with E-state index in [9.17, 15) is 18.0 Å². The summed E-state index contributed by atoms with van der Waals surface area (Å²) < 4.78 is 42.7. The number of benzene rings is 2. The number of aromatic nitrogens is 2. The van der Waals surface area contributed by atoms with Gasteiger partial charge in [0.2, 0.25) is 0 Å². The quantitative estimate of drug-likeness (QED) is 0.776. The maximum Gasteiger partial charge on any atom is 0.269 e. The lowest BCUT2D eigenvalue weighted by atomic mass is 10.1. The molecular formula is C18H14F3N3O. The summed E-state index contributed by atoms with van der Waals surface area (Å²) in [5, 5.41) is 3.02. The van der Waals surface area contributed by atoms with E-state index in [2.05, 4.69) is 10.3 Å². The summed E-state index contributed by atoms with van der Waals surface area (Å²) in [6.07, 6.45) is 1.62. The highest BCUT2D eigenvalue weighted by Gasteiger charge is 2.25. The lowest BCUT2D eigenvalue weighted by Gasteiger charge is -2.18. The standard InChI is InChI=1S/C18H14F3N3O/c19-10-7-11(20)9-12(8-10)24-17(15-5-2-6-22-15)23-14-4-1-3-13(21)16(14)18(24)25/h1,3-4,7-9,15,22H,2,5-6H2/t15-/m0/s1. The first-order valence-electron chi connectivity index (χ1n) is 7.95. The number of fused-ring (bicyclic) bond motifs is 1. The lowest BCUT2D eigenvalue weighted by molar-refractivity contribution is 0.567. The van der Waals surface area contributed by atoms with Crippen LogP contribution in [0, 0.1) is 17.5 Å². The number of nitrogens with one attached hydrogen (secondary N) is 1. The van der Waals surface area contributed by atoms with Crippen molar-refractivity contribution >= 4 is 10.9 Å². The molecule has 0 spiro atoms. The van der Waals surface area contributed by atoms with Gasteiger partial charge in [-0.25, -0.2) is 18.2 Å². The van der Waals surface area contributed by atoms with E-state index in [0.717, 1.165) is 48.2 Å². The van der Waals surface area contributed by atoms with Crippen LogP contribution in [0.1, 0.15) is 24.7 Å². The predicted octanol–water partition coefficient (Wildman–Crippen LogP) is 3.23. The molecule has 7 heteroatoms. The zero-order valence-electron chi connectivity index (χ0n) is 13.1. The molecule has 128 valence electrons. The van der Waals surface area contributed by atoms with E-state index in [0.29, 0.717) is 5.82 Å². The highest BCUT2D eigenvalue weighted by molar-refractivity contribution is 5.78. The number of hydrogen-bond donors (Lipinski definition) is 1. The molecule has 1 saturated heterocycles. The Bertz CT molecular complexity index is 1010. The van der Waals surface area contributed by atoms with Crippen molar-refractivity contribution in [1.29, 1.82) is 0 Å². The van der Waals surface area contributed by atoms with Crippen LogP contribution in [0.2, 0.25) is 0 Å². The lowest BCUT2D eigenvalue weighted by Crippen LogP contribution is -2.29.